The van der Waals surface area contributed by atoms with Gasteiger partial charge in [0.05, 0.1) is 5.56 Å². The second-order valence-corrected chi connectivity index (χ2v) is 5.86. The maximum atomic E-state index is 12.4. The highest BCUT2D eigenvalue weighted by Crippen LogP contribution is 2.29. The van der Waals surface area contributed by atoms with Crippen LogP contribution in [0.1, 0.15) is 41.7 Å². The minimum Gasteiger partial charge on any atom is -0.348 e. The minimum absolute atomic E-state index is 0.0156. The highest BCUT2D eigenvalue weighted by atomic mass is 79.9. The largest absolute Gasteiger partial charge is 0.417 e. The van der Waals surface area contributed by atoms with Gasteiger partial charge in [0.25, 0.3) is 5.91 Å². The van der Waals surface area contributed by atoms with Crippen molar-refractivity contribution in [1.29, 1.82) is 0 Å². The van der Waals surface area contributed by atoms with Crippen molar-refractivity contribution in [2.75, 3.05) is 5.33 Å². The number of aromatic nitrogens is 1. The van der Waals surface area contributed by atoms with Crippen molar-refractivity contribution in [3.63, 3.8) is 0 Å². The Labute approximate surface area is 129 Å². The van der Waals surface area contributed by atoms with Crippen LogP contribution in [0.3, 0.4) is 0 Å². The third kappa shape index (κ3) is 4.18. The van der Waals surface area contributed by atoms with E-state index in [9.17, 15) is 18.0 Å². The Kier molecular flexibility index (Phi) is 5.24. The van der Waals surface area contributed by atoms with E-state index in [1.54, 1.807) is 0 Å². The molecule has 2 atom stereocenters. The van der Waals surface area contributed by atoms with Gasteiger partial charge in [0.2, 0.25) is 0 Å². The third-order valence-corrected chi connectivity index (χ3v) is 4.58. The molecule has 1 aromatic heterocycles. The number of nitrogens with one attached hydrogen (secondary N) is 1. The van der Waals surface area contributed by atoms with Gasteiger partial charge in [0.1, 0.15) is 5.69 Å². The Balaban J connectivity index is 2.03. The lowest BCUT2D eigenvalue weighted by Crippen LogP contribution is -2.43. The summed E-state index contributed by atoms with van der Waals surface area (Å²) in [7, 11) is 0. The maximum absolute atomic E-state index is 12.4. The summed E-state index contributed by atoms with van der Waals surface area (Å²) >= 11 is 3.44. The Bertz CT molecular complexity index is 490. The van der Waals surface area contributed by atoms with Crippen LogP contribution in [0.4, 0.5) is 13.2 Å². The average molecular weight is 365 g/mol. The summed E-state index contributed by atoms with van der Waals surface area (Å²) in [5, 5.41) is 3.69. The van der Waals surface area contributed by atoms with Crippen LogP contribution in [-0.2, 0) is 6.18 Å². The molecule has 1 aromatic rings. The molecule has 2 rings (SSSR count). The SMILES string of the molecule is O=C(NC1CCCCC1CBr)c1ccc(C(F)(F)F)cn1. The molecule has 3 nitrogen and oxygen atoms in total. The number of hydrogen-bond acceptors (Lipinski definition) is 2. The fourth-order valence-electron chi connectivity index (χ4n) is 2.52. The Hall–Kier alpha value is -1.11. The summed E-state index contributed by atoms with van der Waals surface area (Å²) in [5.74, 6) is -0.0567. The normalized spacial score (nSPS) is 22.9. The minimum atomic E-state index is -4.44. The Morgan fingerprint density at radius 1 is 1.33 bits per heavy atom. The zero-order valence-electron chi connectivity index (χ0n) is 11.3. The van der Waals surface area contributed by atoms with Crippen molar-refractivity contribution in [1.82, 2.24) is 10.3 Å². The number of hydrogen-bond donors (Lipinski definition) is 1. The lowest BCUT2D eigenvalue weighted by molar-refractivity contribution is -0.137. The van der Waals surface area contributed by atoms with E-state index in [4.69, 9.17) is 0 Å². The van der Waals surface area contributed by atoms with Crippen LogP contribution in [0.5, 0.6) is 0 Å². The van der Waals surface area contributed by atoms with Crippen LogP contribution >= 0.6 is 15.9 Å². The number of carbonyl (C=O) groups is 1. The van der Waals surface area contributed by atoms with Gasteiger partial charge in [-0.1, -0.05) is 28.8 Å². The molecule has 7 heteroatoms. The zero-order valence-corrected chi connectivity index (χ0v) is 12.9. The lowest BCUT2D eigenvalue weighted by atomic mass is 9.86. The van der Waals surface area contributed by atoms with Crippen molar-refractivity contribution >= 4 is 21.8 Å². The number of pyridine rings is 1. The number of rotatable bonds is 3. The maximum Gasteiger partial charge on any atom is 0.417 e. The van der Waals surface area contributed by atoms with E-state index in [2.05, 4.69) is 26.2 Å². The quantitative estimate of drug-likeness (QED) is 0.829. The second-order valence-electron chi connectivity index (χ2n) is 5.21. The molecule has 0 aliphatic heterocycles. The average Bonchev–Trinajstić information content (AvgIpc) is 2.47. The standard InChI is InChI=1S/C14H16BrF3N2O/c15-7-9-3-1-2-4-11(9)20-13(21)12-6-5-10(8-19-12)14(16,17)18/h5-6,8-9,11H,1-4,7H2,(H,20,21). The highest BCUT2D eigenvalue weighted by Gasteiger charge is 2.31. The lowest BCUT2D eigenvalue weighted by Gasteiger charge is -2.30. The molecule has 1 fully saturated rings. The fraction of sp³-hybridized carbons (Fsp3) is 0.571. The van der Waals surface area contributed by atoms with Crippen LogP contribution in [0, 0.1) is 5.92 Å². The molecule has 0 aromatic carbocycles. The van der Waals surface area contributed by atoms with Crippen LogP contribution in [-0.4, -0.2) is 22.3 Å². The first-order valence-electron chi connectivity index (χ1n) is 6.82. The molecule has 0 saturated heterocycles. The molecule has 0 radical (unpaired) electrons. The fourth-order valence-corrected chi connectivity index (χ4v) is 3.30. The van der Waals surface area contributed by atoms with E-state index in [0.717, 1.165) is 43.1 Å². The van der Waals surface area contributed by atoms with Crippen molar-refractivity contribution in [3.05, 3.63) is 29.6 Å². The monoisotopic (exact) mass is 364 g/mol. The van der Waals surface area contributed by atoms with E-state index in [1.165, 1.54) is 0 Å². The van der Waals surface area contributed by atoms with Gasteiger partial charge in [0.15, 0.2) is 0 Å². The summed E-state index contributed by atoms with van der Waals surface area (Å²) < 4.78 is 37.3. The van der Waals surface area contributed by atoms with Crippen LogP contribution < -0.4 is 5.32 Å². The molecule has 1 aliphatic carbocycles. The number of amides is 1. The summed E-state index contributed by atoms with van der Waals surface area (Å²) in [6.07, 6.45) is 0.375. The van der Waals surface area contributed by atoms with Gasteiger partial charge in [-0.15, -0.1) is 0 Å². The Morgan fingerprint density at radius 2 is 2.05 bits per heavy atom. The van der Waals surface area contributed by atoms with Crippen LogP contribution in [0.15, 0.2) is 18.3 Å². The molecule has 116 valence electrons. The molecular formula is C14H16BrF3N2O. The van der Waals surface area contributed by atoms with Crippen LogP contribution in [0.25, 0.3) is 0 Å². The summed E-state index contributed by atoms with van der Waals surface area (Å²) in [6.45, 7) is 0. The van der Waals surface area contributed by atoms with Crippen molar-refractivity contribution in [2.45, 2.75) is 37.9 Å². The van der Waals surface area contributed by atoms with Crippen molar-refractivity contribution in [2.24, 2.45) is 5.92 Å². The van der Waals surface area contributed by atoms with Gasteiger partial charge in [0, 0.05) is 17.6 Å². The first kappa shape index (κ1) is 16.3. The summed E-state index contributed by atoms with van der Waals surface area (Å²) in [5.41, 5.74) is -0.836. The summed E-state index contributed by atoms with van der Waals surface area (Å²) in [4.78, 5) is 15.7. The molecule has 0 bridgehead atoms. The van der Waals surface area contributed by atoms with Crippen LogP contribution in [0.2, 0.25) is 0 Å². The van der Waals surface area contributed by atoms with Crippen molar-refractivity contribution < 1.29 is 18.0 Å². The van der Waals surface area contributed by atoms with Gasteiger partial charge >= 0.3 is 6.18 Å². The molecule has 1 aliphatic rings. The van der Waals surface area contributed by atoms with Gasteiger partial charge in [-0.05, 0) is 30.9 Å². The van der Waals surface area contributed by atoms with E-state index in [-0.39, 0.29) is 11.7 Å². The van der Waals surface area contributed by atoms with E-state index >= 15 is 0 Å². The van der Waals surface area contributed by atoms with Crippen molar-refractivity contribution in [3.8, 4) is 0 Å². The molecule has 1 heterocycles. The molecule has 2 unspecified atom stereocenters. The summed E-state index contributed by atoms with van der Waals surface area (Å²) in [6, 6.07) is 2.05. The van der Waals surface area contributed by atoms with E-state index < -0.39 is 17.6 Å². The predicted octanol–water partition coefficient (Wildman–Crippen LogP) is 3.78. The number of nitrogens with zero attached hydrogens (tertiary/aromatic N) is 1. The smallest absolute Gasteiger partial charge is 0.348 e. The van der Waals surface area contributed by atoms with Gasteiger partial charge in [-0.3, -0.25) is 9.78 Å². The molecule has 1 N–H and O–H groups in total. The number of carbonyl (C=O) groups excluding carboxylic acids is 1. The molecule has 0 spiro atoms. The molecule has 21 heavy (non-hydrogen) atoms. The third-order valence-electron chi connectivity index (χ3n) is 3.75. The van der Waals surface area contributed by atoms with E-state index in [0.29, 0.717) is 12.1 Å². The second kappa shape index (κ2) is 6.77. The zero-order chi connectivity index (χ0) is 15.5. The first-order chi connectivity index (χ1) is 9.91. The highest BCUT2D eigenvalue weighted by molar-refractivity contribution is 9.09. The number of halogens is 4. The Morgan fingerprint density at radius 3 is 2.62 bits per heavy atom. The van der Waals surface area contributed by atoms with Gasteiger partial charge in [-0.2, -0.15) is 13.2 Å². The number of alkyl halides is 4. The van der Waals surface area contributed by atoms with Gasteiger partial charge in [-0.25, -0.2) is 0 Å². The molecular weight excluding hydrogens is 349 g/mol. The van der Waals surface area contributed by atoms with Gasteiger partial charge < -0.3 is 5.32 Å². The predicted molar refractivity (Wildman–Crippen MR) is 76.2 cm³/mol. The molecule has 1 amide bonds. The van der Waals surface area contributed by atoms with E-state index in [1.807, 2.05) is 0 Å². The topological polar surface area (TPSA) is 42.0 Å². The molecule has 1 saturated carbocycles. The first-order valence-corrected chi connectivity index (χ1v) is 7.94.